The Bertz CT molecular complexity index is 928. The first-order valence-corrected chi connectivity index (χ1v) is 10.7. The van der Waals surface area contributed by atoms with Crippen LogP contribution < -0.4 is 5.32 Å². The molecule has 164 valence electrons. The number of carbonyl (C=O) groups is 1. The van der Waals surface area contributed by atoms with Gasteiger partial charge in [-0.2, -0.15) is 0 Å². The van der Waals surface area contributed by atoms with E-state index in [-0.39, 0.29) is 23.2 Å². The van der Waals surface area contributed by atoms with Gasteiger partial charge in [-0.25, -0.2) is 8.78 Å². The zero-order chi connectivity index (χ0) is 21.7. The van der Waals surface area contributed by atoms with Gasteiger partial charge in [0.15, 0.2) is 11.6 Å². The molecule has 3 heterocycles. The van der Waals surface area contributed by atoms with Crippen LogP contribution >= 0.6 is 0 Å². The number of hydrogen-bond acceptors (Lipinski definition) is 4. The van der Waals surface area contributed by atoms with Gasteiger partial charge in [0.1, 0.15) is 0 Å². The molecule has 7 heteroatoms. The molecule has 1 aromatic heterocycles. The van der Waals surface area contributed by atoms with Crippen molar-refractivity contribution in [2.75, 3.05) is 19.6 Å². The molecule has 1 atom stereocenters. The highest BCUT2D eigenvalue weighted by Crippen LogP contribution is 2.39. The SMILES string of the molecule is O=C(/C=C/c1cccc(F)c1F)NCC1CCC2(CCN(Cc3ccncc3)CC2)O1. The number of benzene rings is 1. The molecular weight excluding hydrogens is 400 g/mol. The first-order chi connectivity index (χ1) is 15.0. The number of aromatic nitrogens is 1. The zero-order valence-corrected chi connectivity index (χ0v) is 17.4. The number of nitrogens with zero attached hydrogens (tertiary/aromatic N) is 2. The summed E-state index contributed by atoms with van der Waals surface area (Å²) in [5.41, 5.74) is 1.22. The summed E-state index contributed by atoms with van der Waals surface area (Å²) < 4.78 is 33.2. The predicted octanol–water partition coefficient (Wildman–Crippen LogP) is 3.70. The van der Waals surface area contributed by atoms with Crippen LogP contribution in [0, 0.1) is 11.6 Å². The van der Waals surface area contributed by atoms with Crippen molar-refractivity contribution in [2.45, 2.75) is 43.9 Å². The lowest BCUT2D eigenvalue weighted by atomic mass is 9.88. The maximum Gasteiger partial charge on any atom is 0.244 e. The summed E-state index contributed by atoms with van der Waals surface area (Å²) in [7, 11) is 0. The van der Waals surface area contributed by atoms with E-state index in [1.807, 2.05) is 24.5 Å². The van der Waals surface area contributed by atoms with Crippen LogP contribution in [0.2, 0.25) is 0 Å². The highest BCUT2D eigenvalue weighted by atomic mass is 19.2. The second kappa shape index (κ2) is 9.66. The van der Waals surface area contributed by atoms with E-state index in [1.54, 1.807) is 0 Å². The fourth-order valence-electron chi connectivity index (χ4n) is 4.36. The number of likely N-dealkylation sites (tertiary alicyclic amines) is 1. The second-order valence-electron chi connectivity index (χ2n) is 8.31. The van der Waals surface area contributed by atoms with Gasteiger partial charge in [0.05, 0.1) is 11.7 Å². The molecule has 2 aromatic rings. The molecule has 31 heavy (non-hydrogen) atoms. The standard InChI is InChI=1S/C24H27F2N3O2/c25-21-3-1-2-19(23(21)26)4-5-22(30)28-16-20-6-9-24(31-20)10-14-29(15-11-24)17-18-7-12-27-13-8-18/h1-5,7-8,12-13,20H,6,9-11,14-17H2,(H,28,30)/b5-4+. The third-order valence-electron chi connectivity index (χ3n) is 6.16. The maximum absolute atomic E-state index is 13.7. The largest absolute Gasteiger partial charge is 0.370 e. The fourth-order valence-corrected chi connectivity index (χ4v) is 4.36. The number of halogens is 2. The van der Waals surface area contributed by atoms with Crippen molar-refractivity contribution in [2.24, 2.45) is 0 Å². The van der Waals surface area contributed by atoms with Crippen molar-refractivity contribution < 1.29 is 18.3 Å². The minimum atomic E-state index is -0.956. The number of nitrogens with one attached hydrogen (secondary N) is 1. The number of rotatable bonds is 6. The maximum atomic E-state index is 13.7. The van der Waals surface area contributed by atoms with Crippen LogP contribution in [0.3, 0.4) is 0 Å². The first kappa shape index (κ1) is 21.6. The predicted molar refractivity (Wildman–Crippen MR) is 114 cm³/mol. The van der Waals surface area contributed by atoms with Crippen LogP contribution in [0.5, 0.6) is 0 Å². The van der Waals surface area contributed by atoms with Gasteiger partial charge in [-0.05, 0) is 55.5 Å². The van der Waals surface area contributed by atoms with E-state index >= 15 is 0 Å². The van der Waals surface area contributed by atoms with Gasteiger partial charge in [0.2, 0.25) is 5.91 Å². The number of hydrogen-bond donors (Lipinski definition) is 1. The minimum absolute atomic E-state index is 0.0185. The zero-order valence-electron chi connectivity index (χ0n) is 17.4. The first-order valence-electron chi connectivity index (χ1n) is 10.7. The molecule has 0 bridgehead atoms. The van der Waals surface area contributed by atoms with Gasteiger partial charge < -0.3 is 10.1 Å². The summed E-state index contributed by atoms with van der Waals surface area (Å²) in [5, 5.41) is 2.81. The molecule has 2 saturated heterocycles. The van der Waals surface area contributed by atoms with Crippen LogP contribution in [0.4, 0.5) is 8.78 Å². The molecule has 1 spiro atoms. The molecule has 4 rings (SSSR count). The molecule has 2 aliphatic heterocycles. The molecular formula is C24H27F2N3O2. The lowest BCUT2D eigenvalue weighted by Crippen LogP contribution is -2.44. The Morgan fingerprint density at radius 1 is 1.19 bits per heavy atom. The lowest BCUT2D eigenvalue weighted by molar-refractivity contribution is -0.118. The van der Waals surface area contributed by atoms with Crippen molar-refractivity contribution in [1.82, 2.24) is 15.2 Å². The van der Waals surface area contributed by atoms with E-state index in [0.717, 1.165) is 51.4 Å². The van der Waals surface area contributed by atoms with Crippen molar-refractivity contribution in [3.63, 3.8) is 0 Å². The molecule has 1 unspecified atom stereocenters. The van der Waals surface area contributed by atoms with Gasteiger partial charge in [0.25, 0.3) is 0 Å². The van der Waals surface area contributed by atoms with Crippen molar-refractivity contribution in [1.29, 1.82) is 0 Å². The molecule has 0 aliphatic carbocycles. The third kappa shape index (κ3) is 5.54. The summed E-state index contributed by atoms with van der Waals surface area (Å²) in [5.74, 6) is -2.23. The molecule has 2 fully saturated rings. The molecule has 1 aromatic carbocycles. The summed E-state index contributed by atoms with van der Waals surface area (Å²) in [6.45, 7) is 3.32. The van der Waals surface area contributed by atoms with E-state index in [2.05, 4.69) is 15.2 Å². The third-order valence-corrected chi connectivity index (χ3v) is 6.16. The summed E-state index contributed by atoms with van der Waals surface area (Å²) in [6, 6.07) is 7.97. The van der Waals surface area contributed by atoms with Crippen LogP contribution in [0.15, 0.2) is 48.8 Å². The van der Waals surface area contributed by atoms with E-state index < -0.39 is 11.6 Å². The number of ether oxygens (including phenoxy) is 1. The smallest absolute Gasteiger partial charge is 0.244 e. The average molecular weight is 427 g/mol. The van der Waals surface area contributed by atoms with E-state index in [0.29, 0.717) is 6.54 Å². The Morgan fingerprint density at radius 2 is 1.97 bits per heavy atom. The average Bonchev–Trinajstić information content (AvgIpc) is 3.18. The Morgan fingerprint density at radius 3 is 2.74 bits per heavy atom. The number of carbonyl (C=O) groups excluding carboxylic acids is 1. The number of piperidine rings is 1. The van der Waals surface area contributed by atoms with Crippen molar-refractivity contribution in [3.8, 4) is 0 Å². The van der Waals surface area contributed by atoms with Gasteiger partial charge in [-0.15, -0.1) is 0 Å². The second-order valence-corrected chi connectivity index (χ2v) is 8.31. The normalized spacial score (nSPS) is 21.0. The highest BCUT2D eigenvalue weighted by molar-refractivity contribution is 5.91. The molecule has 1 amide bonds. The van der Waals surface area contributed by atoms with Gasteiger partial charge >= 0.3 is 0 Å². The van der Waals surface area contributed by atoms with E-state index in [9.17, 15) is 13.6 Å². The number of pyridine rings is 1. The van der Waals surface area contributed by atoms with Crippen LogP contribution in [0.25, 0.3) is 6.08 Å². The monoisotopic (exact) mass is 427 g/mol. The van der Waals surface area contributed by atoms with Crippen molar-refractivity contribution >= 4 is 12.0 Å². The van der Waals surface area contributed by atoms with Gasteiger partial charge in [-0.1, -0.05) is 12.1 Å². The summed E-state index contributed by atoms with van der Waals surface area (Å²) >= 11 is 0. The van der Waals surface area contributed by atoms with E-state index in [4.69, 9.17) is 4.74 Å². The van der Waals surface area contributed by atoms with Gasteiger partial charge in [-0.3, -0.25) is 14.7 Å². The van der Waals surface area contributed by atoms with Crippen LogP contribution in [-0.2, 0) is 16.1 Å². The van der Waals surface area contributed by atoms with Crippen molar-refractivity contribution in [3.05, 3.63) is 71.6 Å². The summed E-state index contributed by atoms with van der Waals surface area (Å²) in [4.78, 5) is 18.6. The Kier molecular flexibility index (Phi) is 6.73. The fraction of sp³-hybridized carbons (Fsp3) is 0.417. The lowest BCUT2D eigenvalue weighted by Gasteiger charge is -2.39. The number of amides is 1. The molecule has 2 aliphatic rings. The molecule has 0 saturated carbocycles. The van der Waals surface area contributed by atoms with Gasteiger partial charge in [0, 0.05) is 50.2 Å². The van der Waals surface area contributed by atoms with Crippen LogP contribution in [-0.4, -0.2) is 47.1 Å². The summed E-state index contributed by atoms with van der Waals surface area (Å²) in [6.07, 6.45) is 10.0. The quantitative estimate of drug-likeness (QED) is 0.715. The van der Waals surface area contributed by atoms with E-state index in [1.165, 1.54) is 29.8 Å². The molecule has 1 N–H and O–H groups in total. The Hall–Kier alpha value is -2.64. The minimum Gasteiger partial charge on any atom is -0.370 e. The highest BCUT2D eigenvalue weighted by Gasteiger charge is 2.42. The Labute approximate surface area is 181 Å². The molecule has 0 radical (unpaired) electrons. The molecule has 5 nitrogen and oxygen atoms in total. The topological polar surface area (TPSA) is 54.5 Å². The van der Waals surface area contributed by atoms with Crippen LogP contribution in [0.1, 0.15) is 36.8 Å². The Balaban J connectivity index is 1.21.